The molecule has 0 bridgehead atoms. The minimum Gasteiger partial charge on any atom is -0.481 e. The molecule has 2 N–H and O–H groups in total. The molecule has 0 saturated carbocycles. The summed E-state index contributed by atoms with van der Waals surface area (Å²) in [7, 11) is 0. The van der Waals surface area contributed by atoms with Crippen molar-refractivity contribution in [1.82, 2.24) is 9.80 Å². The van der Waals surface area contributed by atoms with E-state index in [4.69, 9.17) is 19.2 Å². The van der Waals surface area contributed by atoms with Crippen molar-refractivity contribution in [3.63, 3.8) is 0 Å². The number of hydrogen-bond donors (Lipinski definition) is 2. The first kappa shape index (κ1) is 27.9. The Morgan fingerprint density at radius 2 is 1.82 bits per heavy atom. The van der Waals surface area contributed by atoms with Crippen molar-refractivity contribution < 1.29 is 39.1 Å². The summed E-state index contributed by atoms with van der Waals surface area (Å²) >= 11 is 0. The molecule has 10 heteroatoms. The fraction of sp³-hybridized carbons (Fsp3) is 0.913. The number of ether oxygens (including phenoxy) is 2. The maximum absolute atomic E-state index is 12.0. The molecule has 192 valence electrons. The Morgan fingerprint density at radius 1 is 1.09 bits per heavy atom. The zero-order valence-electron chi connectivity index (χ0n) is 20.4. The molecule has 2 rings (SSSR count). The highest BCUT2D eigenvalue weighted by atomic mass is 17.2. The monoisotopic (exact) mass is 474 g/mol. The van der Waals surface area contributed by atoms with Crippen molar-refractivity contribution in [2.45, 2.75) is 58.7 Å². The maximum atomic E-state index is 12.0. The van der Waals surface area contributed by atoms with Crippen molar-refractivity contribution in [2.75, 3.05) is 65.7 Å². The van der Waals surface area contributed by atoms with Gasteiger partial charge in [0.15, 0.2) is 0 Å². The fourth-order valence-corrected chi connectivity index (χ4v) is 4.33. The van der Waals surface area contributed by atoms with Gasteiger partial charge in [0.2, 0.25) is 0 Å². The fourth-order valence-electron chi connectivity index (χ4n) is 4.33. The number of aliphatic carboxylic acids is 2. The van der Waals surface area contributed by atoms with E-state index in [0.29, 0.717) is 52.4 Å². The summed E-state index contributed by atoms with van der Waals surface area (Å²) in [6.45, 7) is 11.3. The normalized spacial score (nSPS) is 27.2. The van der Waals surface area contributed by atoms with Crippen molar-refractivity contribution >= 4 is 11.9 Å². The van der Waals surface area contributed by atoms with Gasteiger partial charge in [-0.05, 0) is 46.1 Å². The van der Waals surface area contributed by atoms with E-state index >= 15 is 0 Å². The summed E-state index contributed by atoms with van der Waals surface area (Å²) < 4.78 is 11.0. The molecule has 4 atom stereocenters. The van der Waals surface area contributed by atoms with Crippen LogP contribution in [0.5, 0.6) is 0 Å². The predicted octanol–water partition coefficient (Wildman–Crippen LogP) is 1.73. The number of carbonyl (C=O) groups is 2. The Balaban J connectivity index is 1.78. The van der Waals surface area contributed by atoms with E-state index in [1.807, 2.05) is 18.7 Å². The van der Waals surface area contributed by atoms with Gasteiger partial charge in [-0.2, -0.15) is 0 Å². The molecule has 4 unspecified atom stereocenters. The summed E-state index contributed by atoms with van der Waals surface area (Å²) in [6, 6.07) is 0. The zero-order chi connectivity index (χ0) is 24.3. The summed E-state index contributed by atoms with van der Waals surface area (Å²) in [4.78, 5) is 38.8. The number of carboxylic acid groups (broad SMARTS) is 2. The highest BCUT2D eigenvalue weighted by Gasteiger charge is 2.46. The molecule has 2 aliphatic heterocycles. The van der Waals surface area contributed by atoms with Gasteiger partial charge in [0.1, 0.15) is 11.5 Å². The molecule has 0 aromatic rings. The van der Waals surface area contributed by atoms with Crippen molar-refractivity contribution in [1.29, 1.82) is 0 Å². The Morgan fingerprint density at radius 3 is 2.48 bits per heavy atom. The molecular weight excluding hydrogens is 432 g/mol. The van der Waals surface area contributed by atoms with E-state index < -0.39 is 29.4 Å². The summed E-state index contributed by atoms with van der Waals surface area (Å²) in [5, 5.41) is 19.4. The number of nitrogens with zero attached hydrogens (tertiary/aromatic N) is 2. The highest BCUT2D eigenvalue weighted by Crippen LogP contribution is 2.32. The molecule has 33 heavy (non-hydrogen) atoms. The van der Waals surface area contributed by atoms with Crippen LogP contribution in [0.1, 0.15) is 46.5 Å². The molecule has 10 nitrogen and oxygen atoms in total. The third-order valence-electron chi connectivity index (χ3n) is 6.64. The number of carboxylic acids is 2. The SMILES string of the molecule is CCOCCCN1CCC(COOC2CN(CCCOC(C)CC)CC2C(=O)O)(C(=O)O)C1. The van der Waals surface area contributed by atoms with Gasteiger partial charge in [0.25, 0.3) is 0 Å². The molecule has 2 heterocycles. The zero-order valence-corrected chi connectivity index (χ0v) is 20.4. The third-order valence-corrected chi connectivity index (χ3v) is 6.64. The van der Waals surface area contributed by atoms with E-state index in [2.05, 4.69) is 11.8 Å². The molecule has 2 fully saturated rings. The number of likely N-dealkylation sites (tertiary alicyclic amines) is 2. The van der Waals surface area contributed by atoms with E-state index in [1.54, 1.807) is 0 Å². The standard InChI is InChI=1S/C23H42N2O8/c1-4-18(3)31-13-7-10-25-14-19(21(26)27)20(15-25)33-32-17-23(22(28)29)8-11-24(16-23)9-6-12-30-5-2/h18-20H,4-17H2,1-3H3,(H,26,27)(H,28,29). The van der Waals surface area contributed by atoms with Crippen molar-refractivity contribution in [3.8, 4) is 0 Å². The van der Waals surface area contributed by atoms with Gasteiger partial charge in [0.05, 0.1) is 18.6 Å². The van der Waals surface area contributed by atoms with Gasteiger partial charge < -0.3 is 24.6 Å². The Labute approximate surface area is 197 Å². The minimum absolute atomic E-state index is 0.101. The predicted molar refractivity (Wildman–Crippen MR) is 121 cm³/mol. The van der Waals surface area contributed by atoms with Gasteiger partial charge in [-0.15, -0.1) is 0 Å². The second-order valence-corrected chi connectivity index (χ2v) is 9.21. The molecule has 0 amide bonds. The van der Waals surface area contributed by atoms with Gasteiger partial charge in [-0.1, -0.05) is 6.92 Å². The first-order valence-corrected chi connectivity index (χ1v) is 12.2. The average Bonchev–Trinajstić information content (AvgIpc) is 3.39. The van der Waals surface area contributed by atoms with E-state index in [1.165, 1.54) is 0 Å². The lowest BCUT2D eigenvalue weighted by Gasteiger charge is -2.25. The van der Waals surface area contributed by atoms with Crippen LogP contribution in [-0.2, 0) is 28.8 Å². The first-order valence-electron chi connectivity index (χ1n) is 12.2. The number of rotatable bonds is 17. The number of hydrogen-bond acceptors (Lipinski definition) is 8. The van der Waals surface area contributed by atoms with Crippen LogP contribution in [-0.4, -0.2) is 110 Å². The van der Waals surface area contributed by atoms with Crippen LogP contribution < -0.4 is 0 Å². The van der Waals surface area contributed by atoms with Gasteiger partial charge >= 0.3 is 11.9 Å². The van der Waals surface area contributed by atoms with Crippen LogP contribution in [0.4, 0.5) is 0 Å². The van der Waals surface area contributed by atoms with Gasteiger partial charge in [-0.25, -0.2) is 9.78 Å². The van der Waals surface area contributed by atoms with E-state index in [9.17, 15) is 19.8 Å². The third kappa shape index (κ3) is 8.77. The van der Waals surface area contributed by atoms with Crippen LogP contribution in [0.2, 0.25) is 0 Å². The van der Waals surface area contributed by atoms with Crippen LogP contribution in [0.25, 0.3) is 0 Å². The summed E-state index contributed by atoms with van der Waals surface area (Å²) in [5.74, 6) is -2.56. The van der Waals surface area contributed by atoms with Gasteiger partial charge in [-0.3, -0.25) is 14.5 Å². The Kier molecular flexibility index (Phi) is 12.0. The molecule has 0 aromatic carbocycles. The Hall–Kier alpha value is -1.30. The molecule has 0 radical (unpaired) electrons. The molecule has 0 aliphatic carbocycles. The van der Waals surface area contributed by atoms with Crippen LogP contribution in [0.15, 0.2) is 0 Å². The largest absolute Gasteiger partial charge is 0.481 e. The molecule has 2 saturated heterocycles. The van der Waals surface area contributed by atoms with Crippen LogP contribution >= 0.6 is 0 Å². The quantitative estimate of drug-likeness (QED) is 0.183. The molecule has 0 aromatic heterocycles. The highest BCUT2D eigenvalue weighted by molar-refractivity contribution is 5.75. The van der Waals surface area contributed by atoms with E-state index in [0.717, 1.165) is 32.4 Å². The summed E-state index contributed by atoms with van der Waals surface area (Å²) in [5.41, 5.74) is -1.05. The lowest BCUT2D eigenvalue weighted by Crippen LogP contribution is -2.40. The first-order chi connectivity index (χ1) is 15.8. The van der Waals surface area contributed by atoms with E-state index in [-0.39, 0.29) is 12.7 Å². The minimum atomic E-state index is -1.05. The summed E-state index contributed by atoms with van der Waals surface area (Å²) in [6.07, 6.45) is 2.67. The lowest BCUT2D eigenvalue weighted by atomic mass is 9.88. The molecular formula is C23H42N2O8. The smallest absolute Gasteiger partial charge is 0.313 e. The van der Waals surface area contributed by atoms with Crippen molar-refractivity contribution in [2.24, 2.45) is 11.3 Å². The Bertz CT molecular complexity index is 607. The van der Waals surface area contributed by atoms with Crippen molar-refractivity contribution in [3.05, 3.63) is 0 Å². The second kappa shape index (κ2) is 14.2. The van der Waals surface area contributed by atoms with Crippen LogP contribution in [0.3, 0.4) is 0 Å². The molecule has 0 spiro atoms. The molecule has 2 aliphatic rings. The van der Waals surface area contributed by atoms with Crippen LogP contribution in [0, 0.1) is 11.3 Å². The lowest BCUT2D eigenvalue weighted by molar-refractivity contribution is -0.337. The second-order valence-electron chi connectivity index (χ2n) is 9.21. The maximum Gasteiger partial charge on any atom is 0.313 e. The van der Waals surface area contributed by atoms with Gasteiger partial charge in [0, 0.05) is 52.5 Å². The average molecular weight is 475 g/mol. The topological polar surface area (TPSA) is 118 Å².